The van der Waals surface area contributed by atoms with E-state index in [1.54, 1.807) is 30.3 Å². The maximum absolute atomic E-state index is 14.3. The minimum absolute atomic E-state index is 0.0221. The molecule has 0 atom stereocenters. The third-order valence-electron chi connectivity index (χ3n) is 4.30. The van der Waals surface area contributed by atoms with E-state index in [0.29, 0.717) is 9.92 Å². The van der Waals surface area contributed by atoms with E-state index >= 15 is 0 Å². The third-order valence-corrected chi connectivity index (χ3v) is 5.64. The van der Waals surface area contributed by atoms with E-state index in [9.17, 15) is 18.4 Å². The molecule has 30 heavy (non-hydrogen) atoms. The van der Waals surface area contributed by atoms with Gasteiger partial charge in [0.05, 0.1) is 11.4 Å². The lowest BCUT2D eigenvalue weighted by atomic mass is 10.2. The van der Waals surface area contributed by atoms with Crippen molar-refractivity contribution in [3.8, 4) is 0 Å². The lowest BCUT2D eigenvalue weighted by Crippen LogP contribution is -2.33. The van der Waals surface area contributed by atoms with E-state index in [1.165, 1.54) is 36.4 Å². The number of halogens is 3. The van der Waals surface area contributed by atoms with Crippen LogP contribution in [0.2, 0.25) is 5.02 Å². The highest BCUT2D eigenvalue weighted by molar-refractivity contribution is 8.04. The van der Waals surface area contributed by atoms with Crippen molar-refractivity contribution >= 4 is 46.6 Å². The van der Waals surface area contributed by atoms with Crippen molar-refractivity contribution in [1.29, 1.82) is 0 Å². The summed E-state index contributed by atoms with van der Waals surface area (Å²) in [6.45, 7) is 0. The Kier molecular flexibility index (Phi) is 5.57. The Morgan fingerprint density at radius 2 is 1.43 bits per heavy atom. The Hall–Kier alpha value is -3.16. The van der Waals surface area contributed by atoms with Crippen LogP contribution < -0.4 is 10.2 Å². The number of para-hydroxylation sites is 2. The molecule has 0 saturated carbocycles. The number of rotatable bonds is 5. The Bertz CT molecular complexity index is 1180. The molecule has 0 saturated heterocycles. The second-order valence-electron chi connectivity index (χ2n) is 6.26. The van der Waals surface area contributed by atoms with Crippen molar-refractivity contribution in [2.45, 2.75) is 4.90 Å². The van der Waals surface area contributed by atoms with E-state index in [1.807, 2.05) is 0 Å². The molecule has 0 bridgehead atoms. The Balaban J connectivity index is 1.78. The zero-order chi connectivity index (χ0) is 21.3. The van der Waals surface area contributed by atoms with Crippen LogP contribution in [0, 0.1) is 11.6 Å². The third kappa shape index (κ3) is 3.81. The summed E-state index contributed by atoms with van der Waals surface area (Å²) in [5, 5.41) is 3.23. The number of amides is 2. The van der Waals surface area contributed by atoms with Crippen molar-refractivity contribution in [3.63, 3.8) is 0 Å². The fourth-order valence-electron chi connectivity index (χ4n) is 2.88. The molecule has 1 aliphatic rings. The van der Waals surface area contributed by atoms with Gasteiger partial charge < -0.3 is 5.32 Å². The molecule has 0 aromatic heterocycles. The summed E-state index contributed by atoms with van der Waals surface area (Å²) >= 11 is 6.92. The van der Waals surface area contributed by atoms with Crippen LogP contribution in [0.5, 0.6) is 0 Å². The van der Waals surface area contributed by atoms with E-state index < -0.39 is 23.4 Å². The Morgan fingerprint density at radius 3 is 2.10 bits per heavy atom. The van der Waals surface area contributed by atoms with Gasteiger partial charge in [-0.2, -0.15) is 0 Å². The van der Waals surface area contributed by atoms with Crippen molar-refractivity contribution < 1.29 is 18.4 Å². The number of hydrogen-bond acceptors (Lipinski definition) is 4. The van der Waals surface area contributed by atoms with Crippen molar-refractivity contribution in [2.24, 2.45) is 0 Å². The summed E-state index contributed by atoms with van der Waals surface area (Å²) in [5.41, 5.74) is -0.279. The van der Waals surface area contributed by atoms with Gasteiger partial charge in [0.25, 0.3) is 11.8 Å². The first-order valence-electron chi connectivity index (χ1n) is 8.78. The highest BCUT2D eigenvalue weighted by Gasteiger charge is 2.41. The second kappa shape index (κ2) is 8.30. The molecule has 2 amide bonds. The molecule has 0 fully saturated rings. The Labute approximate surface area is 180 Å². The maximum Gasteiger partial charge on any atom is 0.283 e. The molecule has 0 radical (unpaired) electrons. The minimum Gasteiger partial charge on any atom is -0.348 e. The number of thioether (sulfide) groups is 1. The lowest BCUT2D eigenvalue weighted by Gasteiger charge is -2.16. The molecule has 8 heteroatoms. The maximum atomic E-state index is 14.3. The molecule has 3 aromatic carbocycles. The van der Waals surface area contributed by atoms with Crippen LogP contribution in [0.15, 0.2) is 88.3 Å². The van der Waals surface area contributed by atoms with Gasteiger partial charge in [-0.05, 0) is 48.5 Å². The fraction of sp³-hybridized carbons (Fsp3) is 0. The van der Waals surface area contributed by atoms with Crippen molar-refractivity contribution in [3.05, 3.63) is 100 Å². The molecular weight excluding hydrogens is 430 g/mol. The summed E-state index contributed by atoms with van der Waals surface area (Å²) in [6, 6.07) is 17.9. The van der Waals surface area contributed by atoms with Gasteiger partial charge in [0, 0.05) is 9.92 Å². The lowest BCUT2D eigenvalue weighted by molar-refractivity contribution is -0.120. The average molecular weight is 443 g/mol. The summed E-state index contributed by atoms with van der Waals surface area (Å²) in [6.07, 6.45) is 0. The van der Waals surface area contributed by atoms with Gasteiger partial charge in [-0.25, -0.2) is 13.7 Å². The number of carbonyl (C=O) groups excluding carboxylic acids is 2. The number of nitrogens with one attached hydrogen (secondary N) is 1. The minimum atomic E-state index is -0.773. The topological polar surface area (TPSA) is 49.4 Å². The van der Waals surface area contributed by atoms with Gasteiger partial charge in [-0.15, -0.1) is 0 Å². The second-order valence-corrected chi connectivity index (χ2v) is 7.78. The normalized spacial score (nSPS) is 13.9. The predicted octanol–water partition coefficient (Wildman–Crippen LogP) is 5.61. The summed E-state index contributed by atoms with van der Waals surface area (Å²) in [5.74, 6) is -2.79. The monoisotopic (exact) mass is 442 g/mol. The van der Waals surface area contributed by atoms with E-state index in [4.69, 9.17) is 11.6 Å². The molecule has 0 unspecified atom stereocenters. The molecular formula is C22H13ClF2N2O2S. The number of hydrogen-bond donors (Lipinski definition) is 1. The first-order chi connectivity index (χ1) is 14.5. The first-order valence-corrected chi connectivity index (χ1v) is 9.97. The number of anilines is 2. The van der Waals surface area contributed by atoms with Crippen LogP contribution in [0.25, 0.3) is 0 Å². The van der Waals surface area contributed by atoms with E-state index in [-0.39, 0.29) is 22.0 Å². The van der Waals surface area contributed by atoms with Gasteiger partial charge in [-0.3, -0.25) is 9.59 Å². The van der Waals surface area contributed by atoms with Crippen LogP contribution in [0.1, 0.15) is 0 Å². The first kappa shape index (κ1) is 20.1. The largest absolute Gasteiger partial charge is 0.348 e. The molecule has 4 rings (SSSR count). The van der Waals surface area contributed by atoms with Gasteiger partial charge in [0.2, 0.25) is 0 Å². The molecule has 4 nitrogen and oxygen atoms in total. The summed E-state index contributed by atoms with van der Waals surface area (Å²) in [4.78, 5) is 27.6. The zero-order valence-electron chi connectivity index (χ0n) is 15.2. The van der Waals surface area contributed by atoms with Crippen molar-refractivity contribution in [1.82, 2.24) is 0 Å². The van der Waals surface area contributed by atoms with Crippen LogP contribution in [0.3, 0.4) is 0 Å². The van der Waals surface area contributed by atoms with Crippen molar-refractivity contribution in [2.75, 3.05) is 10.2 Å². The molecule has 150 valence electrons. The van der Waals surface area contributed by atoms with Gasteiger partial charge in [-0.1, -0.05) is 47.6 Å². The molecule has 1 aliphatic heterocycles. The molecule has 1 heterocycles. The molecule has 1 N–H and O–H groups in total. The zero-order valence-corrected chi connectivity index (χ0v) is 16.8. The quantitative estimate of drug-likeness (QED) is 0.522. The van der Waals surface area contributed by atoms with Gasteiger partial charge >= 0.3 is 0 Å². The highest BCUT2D eigenvalue weighted by atomic mass is 35.5. The Morgan fingerprint density at radius 1 is 0.800 bits per heavy atom. The number of benzene rings is 3. The standard InChI is InChI=1S/C22H13ClF2N2O2S/c23-13-9-11-14(12-10-13)30-20-19(26-17-7-3-1-5-15(17)24)21(28)27(22(20)29)18-8-4-2-6-16(18)25/h1-12,26H. The van der Waals surface area contributed by atoms with E-state index in [0.717, 1.165) is 22.7 Å². The van der Waals surface area contributed by atoms with E-state index in [2.05, 4.69) is 5.32 Å². The average Bonchev–Trinajstić information content (AvgIpc) is 2.96. The molecule has 0 spiro atoms. The smallest absolute Gasteiger partial charge is 0.283 e. The van der Waals surface area contributed by atoms with Gasteiger partial charge in [0.1, 0.15) is 22.2 Å². The van der Waals surface area contributed by atoms with Crippen LogP contribution in [-0.4, -0.2) is 11.8 Å². The van der Waals surface area contributed by atoms with Crippen LogP contribution in [0.4, 0.5) is 20.2 Å². The number of nitrogens with zero attached hydrogens (tertiary/aromatic N) is 1. The van der Waals surface area contributed by atoms with Gasteiger partial charge in [0.15, 0.2) is 0 Å². The summed E-state index contributed by atoms with van der Waals surface area (Å²) in [7, 11) is 0. The SMILES string of the molecule is O=C1C(Nc2ccccc2F)=C(Sc2ccc(Cl)cc2)C(=O)N1c1ccccc1F. The fourth-order valence-corrected chi connectivity index (χ4v) is 3.94. The predicted molar refractivity (Wildman–Crippen MR) is 113 cm³/mol. The molecule has 0 aliphatic carbocycles. The number of carbonyl (C=O) groups is 2. The van der Waals surface area contributed by atoms with Crippen LogP contribution in [-0.2, 0) is 9.59 Å². The molecule has 3 aromatic rings. The summed E-state index contributed by atoms with van der Waals surface area (Å²) < 4.78 is 28.5. The van der Waals surface area contributed by atoms with Crippen LogP contribution >= 0.6 is 23.4 Å². The highest BCUT2D eigenvalue weighted by Crippen LogP contribution is 2.38. The number of imide groups is 1.